The van der Waals surface area contributed by atoms with E-state index < -0.39 is 6.10 Å². The smallest absolute Gasteiger partial charge is 0.224 e. The van der Waals surface area contributed by atoms with E-state index >= 15 is 0 Å². The Bertz CT molecular complexity index is 432. The second kappa shape index (κ2) is 6.75. The first-order chi connectivity index (χ1) is 8.43. The molecule has 1 rings (SSSR count). The molecule has 0 heterocycles. The van der Waals surface area contributed by atoms with Gasteiger partial charge in [-0.25, -0.2) is 0 Å². The van der Waals surface area contributed by atoms with Crippen LogP contribution in [-0.2, 0) is 4.79 Å². The number of anilines is 1. The number of amides is 1. The highest BCUT2D eigenvalue weighted by Crippen LogP contribution is 2.32. The molecule has 0 aliphatic heterocycles. The maximum atomic E-state index is 11.7. The fraction of sp³-hybridized carbons (Fsp3) is 0.462. The molecule has 18 heavy (non-hydrogen) atoms. The van der Waals surface area contributed by atoms with Crippen LogP contribution in [0.3, 0.4) is 0 Å². The highest BCUT2D eigenvalue weighted by atomic mass is 79.9. The minimum absolute atomic E-state index is 0.125. The SMILES string of the molecule is COc1cc(Br)cc(C)c1NC(=O)CCC(C)O. The van der Waals surface area contributed by atoms with Crippen LogP contribution >= 0.6 is 15.9 Å². The van der Waals surface area contributed by atoms with Crippen LogP contribution in [0.4, 0.5) is 5.69 Å². The van der Waals surface area contributed by atoms with Gasteiger partial charge in [-0.15, -0.1) is 0 Å². The maximum Gasteiger partial charge on any atom is 0.224 e. The highest BCUT2D eigenvalue weighted by Gasteiger charge is 2.12. The van der Waals surface area contributed by atoms with Crippen molar-refractivity contribution >= 4 is 27.5 Å². The van der Waals surface area contributed by atoms with Crippen LogP contribution in [0.5, 0.6) is 5.75 Å². The second-order valence-corrected chi connectivity index (χ2v) is 5.15. The van der Waals surface area contributed by atoms with Crippen LogP contribution < -0.4 is 10.1 Å². The monoisotopic (exact) mass is 315 g/mol. The number of hydrogen-bond donors (Lipinski definition) is 2. The van der Waals surface area contributed by atoms with Crippen LogP contribution in [0, 0.1) is 6.92 Å². The molecule has 1 aromatic rings. The zero-order chi connectivity index (χ0) is 13.7. The number of aryl methyl sites for hydroxylation is 1. The van der Waals surface area contributed by atoms with E-state index in [9.17, 15) is 4.79 Å². The van der Waals surface area contributed by atoms with Crippen LogP contribution in [0.1, 0.15) is 25.3 Å². The molecule has 0 spiro atoms. The molecule has 1 atom stereocenters. The van der Waals surface area contributed by atoms with Gasteiger partial charge in [-0.05, 0) is 38.0 Å². The summed E-state index contributed by atoms with van der Waals surface area (Å²) in [5, 5.41) is 12.0. The normalized spacial score (nSPS) is 12.1. The van der Waals surface area contributed by atoms with Gasteiger partial charge in [0.15, 0.2) is 0 Å². The van der Waals surface area contributed by atoms with Crippen LogP contribution in [-0.4, -0.2) is 24.2 Å². The number of methoxy groups -OCH3 is 1. The third-order valence-corrected chi connectivity index (χ3v) is 3.00. The van der Waals surface area contributed by atoms with E-state index in [4.69, 9.17) is 9.84 Å². The van der Waals surface area contributed by atoms with Crippen LogP contribution in [0.25, 0.3) is 0 Å². The Balaban J connectivity index is 2.80. The van der Waals surface area contributed by atoms with E-state index in [1.807, 2.05) is 13.0 Å². The lowest BCUT2D eigenvalue weighted by molar-refractivity contribution is -0.116. The fourth-order valence-electron chi connectivity index (χ4n) is 1.58. The quantitative estimate of drug-likeness (QED) is 0.878. The minimum Gasteiger partial charge on any atom is -0.495 e. The largest absolute Gasteiger partial charge is 0.495 e. The van der Waals surface area contributed by atoms with Crippen molar-refractivity contribution in [1.29, 1.82) is 0 Å². The Kier molecular flexibility index (Phi) is 5.62. The zero-order valence-electron chi connectivity index (χ0n) is 10.8. The molecule has 1 unspecified atom stereocenters. The third kappa shape index (κ3) is 4.31. The van der Waals surface area contributed by atoms with Gasteiger partial charge in [0.05, 0.1) is 18.9 Å². The van der Waals surface area contributed by atoms with Gasteiger partial charge < -0.3 is 15.2 Å². The molecule has 0 fully saturated rings. The van der Waals surface area contributed by atoms with Crippen molar-refractivity contribution in [3.63, 3.8) is 0 Å². The Morgan fingerprint density at radius 1 is 1.56 bits per heavy atom. The number of aliphatic hydroxyl groups is 1. The van der Waals surface area contributed by atoms with Crippen molar-refractivity contribution in [2.75, 3.05) is 12.4 Å². The molecular weight excluding hydrogens is 298 g/mol. The number of carbonyl (C=O) groups excluding carboxylic acids is 1. The summed E-state index contributed by atoms with van der Waals surface area (Å²) in [5.74, 6) is 0.492. The lowest BCUT2D eigenvalue weighted by atomic mass is 10.1. The van der Waals surface area contributed by atoms with Gasteiger partial charge in [-0.1, -0.05) is 15.9 Å². The molecule has 0 radical (unpaired) electrons. The predicted molar refractivity (Wildman–Crippen MR) is 75.0 cm³/mol. The Hall–Kier alpha value is -1.07. The van der Waals surface area contributed by atoms with E-state index in [1.54, 1.807) is 20.1 Å². The zero-order valence-corrected chi connectivity index (χ0v) is 12.4. The maximum absolute atomic E-state index is 11.7. The number of halogens is 1. The summed E-state index contributed by atoms with van der Waals surface area (Å²) < 4.78 is 6.14. The molecule has 0 bridgehead atoms. The van der Waals surface area contributed by atoms with Crippen molar-refractivity contribution in [1.82, 2.24) is 0 Å². The summed E-state index contributed by atoms with van der Waals surface area (Å²) in [5.41, 5.74) is 1.60. The first-order valence-corrected chi connectivity index (χ1v) is 6.55. The molecule has 0 aromatic heterocycles. The molecule has 0 aliphatic carbocycles. The molecule has 100 valence electrons. The number of nitrogens with one attached hydrogen (secondary N) is 1. The summed E-state index contributed by atoms with van der Waals surface area (Å²) in [6, 6.07) is 3.71. The molecule has 0 aliphatic rings. The summed E-state index contributed by atoms with van der Waals surface area (Å²) >= 11 is 3.38. The van der Waals surface area contributed by atoms with Gasteiger partial charge in [0.25, 0.3) is 0 Å². The lowest BCUT2D eigenvalue weighted by Crippen LogP contribution is -2.15. The highest BCUT2D eigenvalue weighted by molar-refractivity contribution is 9.10. The van der Waals surface area contributed by atoms with Gasteiger partial charge in [-0.2, -0.15) is 0 Å². The average molecular weight is 316 g/mol. The van der Waals surface area contributed by atoms with E-state index in [0.29, 0.717) is 17.9 Å². The van der Waals surface area contributed by atoms with E-state index in [-0.39, 0.29) is 12.3 Å². The number of aliphatic hydroxyl groups excluding tert-OH is 1. The number of hydrogen-bond acceptors (Lipinski definition) is 3. The topological polar surface area (TPSA) is 58.6 Å². The van der Waals surface area contributed by atoms with Crippen molar-refractivity contribution in [2.24, 2.45) is 0 Å². The number of rotatable bonds is 5. The second-order valence-electron chi connectivity index (χ2n) is 4.24. The Morgan fingerprint density at radius 3 is 2.78 bits per heavy atom. The standard InChI is InChI=1S/C13H18BrNO3/c1-8-6-10(14)7-11(18-3)13(8)15-12(17)5-4-9(2)16/h6-7,9,16H,4-5H2,1-3H3,(H,15,17). The van der Waals surface area contributed by atoms with E-state index in [0.717, 1.165) is 10.0 Å². The molecule has 5 heteroatoms. The van der Waals surface area contributed by atoms with Gasteiger partial charge in [0.2, 0.25) is 5.91 Å². The van der Waals surface area contributed by atoms with E-state index in [2.05, 4.69) is 21.2 Å². The molecule has 4 nitrogen and oxygen atoms in total. The van der Waals surface area contributed by atoms with Gasteiger partial charge >= 0.3 is 0 Å². The van der Waals surface area contributed by atoms with Crippen molar-refractivity contribution in [3.05, 3.63) is 22.2 Å². The predicted octanol–water partition coefficient (Wildman–Crippen LogP) is 2.87. The molecule has 1 aromatic carbocycles. The van der Waals surface area contributed by atoms with Crippen LogP contribution in [0.15, 0.2) is 16.6 Å². The molecule has 0 saturated carbocycles. The van der Waals surface area contributed by atoms with Gasteiger partial charge in [0, 0.05) is 10.9 Å². The Labute approximate surface area is 115 Å². The van der Waals surface area contributed by atoms with E-state index in [1.165, 1.54) is 0 Å². The van der Waals surface area contributed by atoms with Crippen molar-refractivity contribution < 1.29 is 14.6 Å². The average Bonchev–Trinajstić information content (AvgIpc) is 2.29. The van der Waals surface area contributed by atoms with Gasteiger partial charge in [0.1, 0.15) is 5.75 Å². The first kappa shape index (κ1) is 15.0. The third-order valence-electron chi connectivity index (χ3n) is 2.54. The minimum atomic E-state index is -0.469. The Morgan fingerprint density at radius 2 is 2.22 bits per heavy atom. The van der Waals surface area contributed by atoms with Gasteiger partial charge in [-0.3, -0.25) is 4.79 Å². The number of benzene rings is 1. The molecule has 1 amide bonds. The van der Waals surface area contributed by atoms with Crippen molar-refractivity contribution in [3.8, 4) is 5.75 Å². The molecule has 2 N–H and O–H groups in total. The summed E-state index contributed by atoms with van der Waals surface area (Å²) in [4.78, 5) is 11.7. The first-order valence-electron chi connectivity index (χ1n) is 5.76. The van der Waals surface area contributed by atoms with Crippen LogP contribution in [0.2, 0.25) is 0 Å². The van der Waals surface area contributed by atoms with Crippen molar-refractivity contribution in [2.45, 2.75) is 32.8 Å². The number of ether oxygens (including phenoxy) is 1. The molecular formula is C13H18BrNO3. The molecule has 0 saturated heterocycles. The summed E-state index contributed by atoms with van der Waals surface area (Å²) in [7, 11) is 1.56. The number of carbonyl (C=O) groups is 1. The lowest BCUT2D eigenvalue weighted by Gasteiger charge is -2.14. The fourth-order valence-corrected chi connectivity index (χ4v) is 2.13. The summed E-state index contributed by atoms with van der Waals surface area (Å²) in [6.45, 7) is 3.57. The summed E-state index contributed by atoms with van der Waals surface area (Å²) in [6.07, 6.45) is 0.267.